The van der Waals surface area contributed by atoms with E-state index in [-0.39, 0.29) is 12.8 Å². The SMILES string of the molecule is O=C(Nc1cc(Br)ccc1Br)NC1(C(=O)O)CCOCC1. The van der Waals surface area contributed by atoms with Crippen molar-refractivity contribution in [3.8, 4) is 0 Å². The van der Waals surface area contributed by atoms with Gasteiger partial charge in [0.05, 0.1) is 5.69 Å². The highest BCUT2D eigenvalue weighted by Gasteiger charge is 2.41. The van der Waals surface area contributed by atoms with Crippen LogP contribution in [0, 0.1) is 0 Å². The zero-order valence-electron chi connectivity index (χ0n) is 11.0. The maximum Gasteiger partial charge on any atom is 0.329 e. The Balaban J connectivity index is 2.09. The first-order chi connectivity index (χ1) is 9.93. The minimum absolute atomic E-state index is 0.245. The van der Waals surface area contributed by atoms with Crippen LogP contribution in [0.3, 0.4) is 0 Å². The molecule has 1 aromatic carbocycles. The fourth-order valence-corrected chi connectivity index (χ4v) is 2.78. The van der Waals surface area contributed by atoms with Gasteiger partial charge in [-0.2, -0.15) is 0 Å². The Hall–Kier alpha value is -1.12. The van der Waals surface area contributed by atoms with E-state index in [1.807, 2.05) is 6.07 Å². The summed E-state index contributed by atoms with van der Waals surface area (Å²) in [7, 11) is 0. The Morgan fingerprint density at radius 1 is 1.24 bits per heavy atom. The van der Waals surface area contributed by atoms with Gasteiger partial charge in [-0.1, -0.05) is 15.9 Å². The van der Waals surface area contributed by atoms with E-state index in [0.717, 1.165) is 4.47 Å². The number of halogens is 2. The van der Waals surface area contributed by atoms with Crippen molar-refractivity contribution in [2.75, 3.05) is 18.5 Å². The Morgan fingerprint density at radius 3 is 2.52 bits per heavy atom. The van der Waals surface area contributed by atoms with E-state index < -0.39 is 17.5 Å². The van der Waals surface area contributed by atoms with Gasteiger partial charge in [0.1, 0.15) is 5.54 Å². The predicted molar refractivity (Wildman–Crippen MR) is 84.4 cm³/mol. The van der Waals surface area contributed by atoms with Crippen LogP contribution in [0.25, 0.3) is 0 Å². The summed E-state index contributed by atoms with van der Waals surface area (Å²) in [6, 6.07) is 4.77. The lowest BCUT2D eigenvalue weighted by molar-refractivity contribution is -0.148. The van der Waals surface area contributed by atoms with Crippen LogP contribution in [0.1, 0.15) is 12.8 Å². The average Bonchev–Trinajstić information content (AvgIpc) is 2.43. The quantitative estimate of drug-likeness (QED) is 0.700. The van der Waals surface area contributed by atoms with Crippen molar-refractivity contribution in [2.24, 2.45) is 0 Å². The molecule has 1 heterocycles. The summed E-state index contributed by atoms with van der Waals surface area (Å²) in [5.41, 5.74) is -0.727. The van der Waals surface area contributed by atoms with E-state index in [1.54, 1.807) is 12.1 Å². The van der Waals surface area contributed by atoms with Gasteiger partial charge in [-0.05, 0) is 34.1 Å². The van der Waals surface area contributed by atoms with Gasteiger partial charge in [0, 0.05) is 35.0 Å². The number of hydrogen-bond acceptors (Lipinski definition) is 3. The first kappa shape index (κ1) is 16.3. The molecule has 2 amide bonds. The molecular formula is C13H14Br2N2O4. The molecule has 1 fully saturated rings. The molecule has 0 saturated carbocycles. The predicted octanol–water partition coefficient (Wildman–Crippen LogP) is 2.97. The van der Waals surface area contributed by atoms with E-state index >= 15 is 0 Å². The van der Waals surface area contributed by atoms with Crippen LogP contribution in [0.2, 0.25) is 0 Å². The molecule has 0 unspecified atom stereocenters. The third kappa shape index (κ3) is 3.96. The number of amides is 2. The summed E-state index contributed by atoms with van der Waals surface area (Å²) in [5, 5.41) is 14.6. The first-order valence-corrected chi connectivity index (χ1v) is 7.87. The van der Waals surface area contributed by atoms with Crippen molar-refractivity contribution in [2.45, 2.75) is 18.4 Å². The highest BCUT2D eigenvalue weighted by atomic mass is 79.9. The number of urea groups is 1. The molecule has 1 aliphatic rings. The largest absolute Gasteiger partial charge is 0.480 e. The van der Waals surface area contributed by atoms with Crippen LogP contribution in [0.4, 0.5) is 10.5 Å². The monoisotopic (exact) mass is 420 g/mol. The second-order valence-electron chi connectivity index (χ2n) is 4.70. The third-order valence-electron chi connectivity index (χ3n) is 3.29. The number of carboxylic acid groups (broad SMARTS) is 1. The lowest BCUT2D eigenvalue weighted by atomic mass is 9.90. The smallest absolute Gasteiger partial charge is 0.329 e. The third-order valence-corrected chi connectivity index (χ3v) is 4.47. The average molecular weight is 422 g/mol. The molecule has 0 spiro atoms. The maximum absolute atomic E-state index is 12.1. The molecule has 1 saturated heterocycles. The maximum atomic E-state index is 12.1. The van der Waals surface area contributed by atoms with Crippen LogP contribution in [0.5, 0.6) is 0 Å². The van der Waals surface area contributed by atoms with E-state index in [0.29, 0.717) is 23.4 Å². The van der Waals surface area contributed by atoms with Gasteiger partial charge < -0.3 is 20.5 Å². The van der Waals surface area contributed by atoms with Gasteiger partial charge in [0.2, 0.25) is 0 Å². The topological polar surface area (TPSA) is 87.7 Å². The number of rotatable bonds is 3. The van der Waals surface area contributed by atoms with E-state index in [1.165, 1.54) is 0 Å². The molecule has 21 heavy (non-hydrogen) atoms. The van der Waals surface area contributed by atoms with Crippen LogP contribution < -0.4 is 10.6 Å². The number of carbonyl (C=O) groups is 2. The normalized spacial score (nSPS) is 17.0. The number of carbonyl (C=O) groups excluding carboxylic acids is 1. The zero-order chi connectivity index (χ0) is 15.5. The summed E-state index contributed by atoms with van der Waals surface area (Å²) >= 11 is 6.64. The standard InChI is InChI=1S/C13H14Br2N2O4/c14-8-1-2-9(15)10(7-8)16-12(20)17-13(11(18)19)3-5-21-6-4-13/h1-2,7H,3-6H2,(H,18,19)(H2,16,17,20). The number of benzene rings is 1. The summed E-state index contributed by atoms with van der Waals surface area (Å²) < 4.78 is 6.67. The number of carboxylic acids is 1. The van der Waals surface area contributed by atoms with Gasteiger partial charge in [-0.3, -0.25) is 0 Å². The van der Waals surface area contributed by atoms with Crippen molar-refractivity contribution in [3.05, 3.63) is 27.1 Å². The van der Waals surface area contributed by atoms with E-state index in [2.05, 4.69) is 42.5 Å². The van der Waals surface area contributed by atoms with Crippen molar-refractivity contribution in [1.82, 2.24) is 5.32 Å². The van der Waals surface area contributed by atoms with Crippen LogP contribution in [-0.2, 0) is 9.53 Å². The van der Waals surface area contributed by atoms with Crippen LogP contribution >= 0.6 is 31.9 Å². The molecule has 114 valence electrons. The summed E-state index contributed by atoms with van der Waals surface area (Å²) in [6.07, 6.45) is 0.491. The Labute approximate surface area is 138 Å². The van der Waals surface area contributed by atoms with Gasteiger partial charge in [-0.25, -0.2) is 9.59 Å². The molecule has 0 radical (unpaired) electrons. The van der Waals surface area contributed by atoms with Gasteiger partial charge in [0.25, 0.3) is 0 Å². The molecule has 2 rings (SSSR count). The summed E-state index contributed by atoms with van der Waals surface area (Å²) in [5.74, 6) is -1.05. The summed E-state index contributed by atoms with van der Waals surface area (Å²) in [4.78, 5) is 23.6. The molecule has 0 aliphatic carbocycles. The Bertz CT molecular complexity index is 559. The molecule has 0 atom stereocenters. The van der Waals surface area contributed by atoms with Gasteiger partial charge in [0.15, 0.2) is 0 Å². The number of nitrogens with one attached hydrogen (secondary N) is 2. The molecule has 8 heteroatoms. The number of anilines is 1. The second-order valence-corrected chi connectivity index (χ2v) is 6.47. The molecule has 3 N–H and O–H groups in total. The second kappa shape index (κ2) is 6.76. The van der Waals surface area contributed by atoms with Crippen molar-refractivity contribution >= 4 is 49.5 Å². The zero-order valence-corrected chi connectivity index (χ0v) is 14.2. The van der Waals surface area contributed by atoms with E-state index in [9.17, 15) is 14.7 Å². The molecule has 0 bridgehead atoms. The molecule has 1 aromatic rings. The van der Waals surface area contributed by atoms with Crippen LogP contribution in [0.15, 0.2) is 27.1 Å². The van der Waals surface area contributed by atoms with Crippen molar-refractivity contribution in [3.63, 3.8) is 0 Å². The number of hydrogen-bond donors (Lipinski definition) is 3. The number of ether oxygens (including phenoxy) is 1. The minimum Gasteiger partial charge on any atom is -0.480 e. The molecule has 6 nitrogen and oxygen atoms in total. The Kier molecular flexibility index (Phi) is 5.23. The fourth-order valence-electron chi connectivity index (χ4n) is 2.08. The van der Waals surface area contributed by atoms with Gasteiger partial charge in [-0.15, -0.1) is 0 Å². The molecule has 1 aliphatic heterocycles. The number of aliphatic carboxylic acids is 1. The minimum atomic E-state index is -1.28. The lowest BCUT2D eigenvalue weighted by Crippen LogP contribution is -2.58. The summed E-state index contributed by atoms with van der Waals surface area (Å²) in [6.45, 7) is 0.625. The van der Waals surface area contributed by atoms with Gasteiger partial charge >= 0.3 is 12.0 Å². The Morgan fingerprint density at radius 2 is 1.90 bits per heavy atom. The highest BCUT2D eigenvalue weighted by molar-refractivity contribution is 9.11. The van der Waals surface area contributed by atoms with E-state index in [4.69, 9.17) is 4.74 Å². The first-order valence-electron chi connectivity index (χ1n) is 6.28. The lowest BCUT2D eigenvalue weighted by Gasteiger charge is -2.33. The van der Waals surface area contributed by atoms with Crippen LogP contribution in [-0.4, -0.2) is 35.9 Å². The van der Waals surface area contributed by atoms with Crippen molar-refractivity contribution in [1.29, 1.82) is 0 Å². The fraction of sp³-hybridized carbons (Fsp3) is 0.385. The molecule has 0 aromatic heterocycles. The van der Waals surface area contributed by atoms with Crippen molar-refractivity contribution < 1.29 is 19.4 Å². The highest BCUT2D eigenvalue weighted by Crippen LogP contribution is 2.27. The molecular weight excluding hydrogens is 408 g/mol.